The average Bonchev–Trinajstić information content (AvgIpc) is 2.35. The number of carbonyl (C=O) groups excluding carboxylic acids is 1. The maximum absolute atomic E-state index is 11.2. The Hall–Kier alpha value is -0.610. The van der Waals surface area contributed by atoms with E-state index in [1.54, 1.807) is 0 Å². The minimum absolute atomic E-state index is 0.269. The molecule has 0 radical (unpaired) electrons. The third-order valence-electron chi connectivity index (χ3n) is 3.30. The first-order valence-corrected chi connectivity index (χ1v) is 6.10. The van der Waals surface area contributed by atoms with Crippen molar-refractivity contribution in [1.82, 2.24) is 0 Å². The molecule has 0 aromatic carbocycles. The fraction of sp³-hybridized carbons (Fsp3) is 0.917. The van der Waals surface area contributed by atoms with Crippen LogP contribution < -0.4 is 5.73 Å². The van der Waals surface area contributed by atoms with Crippen LogP contribution in [0.15, 0.2) is 0 Å². The second-order valence-electron chi connectivity index (χ2n) is 4.59. The normalized spacial score (nSPS) is 21.4. The fourth-order valence-electron chi connectivity index (χ4n) is 2.07. The van der Waals surface area contributed by atoms with E-state index in [-0.39, 0.29) is 6.10 Å². The zero-order valence-corrected chi connectivity index (χ0v) is 10.3. The van der Waals surface area contributed by atoms with Crippen molar-refractivity contribution in [3.05, 3.63) is 0 Å². The average molecular weight is 229 g/mol. The van der Waals surface area contributed by atoms with Crippen molar-refractivity contribution < 1.29 is 14.3 Å². The first kappa shape index (κ1) is 13.5. The molecule has 1 fully saturated rings. The lowest BCUT2D eigenvalue weighted by Crippen LogP contribution is -2.43. The Kier molecular flexibility index (Phi) is 5.77. The molecule has 0 amide bonds. The molecule has 0 aromatic heterocycles. The van der Waals surface area contributed by atoms with Gasteiger partial charge < -0.3 is 15.2 Å². The first-order valence-electron chi connectivity index (χ1n) is 6.10. The molecule has 1 aliphatic carbocycles. The van der Waals surface area contributed by atoms with E-state index in [0.717, 1.165) is 0 Å². The highest BCUT2D eigenvalue weighted by Gasteiger charge is 2.23. The van der Waals surface area contributed by atoms with Crippen LogP contribution in [0.2, 0.25) is 0 Å². The quantitative estimate of drug-likeness (QED) is 0.725. The van der Waals surface area contributed by atoms with Gasteiger partial charge in [-0.1, -0.05) is 19.3 Å². The summed E-state index contributed by atoms with van der Waals surface area (Å²) in [5, 5.41) is 0. The van der Waals surface area contributed by atoms with Crippen molar-refractivity contribution in [2.24, 2.45) is 11.7 Å². The molecule has 0 aliphatic heterocycles. The standard InChI is InChI=1S/C12H23NO3/c1-9(11(13)12(14)15-2)16-8-10-6-4-3-5-7-10/h9-11H,3-8,13H2,1-2H3/t9-,11+/m1/s1. The van der Waals surface area contributed by atoms with Crippen LogP contribution in [0.5, 0.6) is 0 Å². The van der Waals surface area contributed by atoms with Gasteiger partial charge in [-0.3, -0.25) is 4.79 Å². The summed E-state index contributed by atoms with van der Waals surface area (Å²) in [4.78, 5) is 11.2. The van der Waals surface area contributed by atoms with Crippen LogP contribution in [0.3, 0.4) is 0 Å². The van der Waals surface area contributed by atoms with Gasteiger partial charge in [0.25, 0.3) is 0 Å². The number of rotatable bonds is 5. The van der Waals surface area contributed by atoms with Crippen LogP contribution >= 0.6 is 0 Å². The van der Waals surface area contributed by atoms with E-state index in [1.165, 1.54) is 39.2 Å². The van der Waals surface area contributed by atoms with E-state index < -0.39 is 12.0 Å². The molecule has 1 saturated carbocycles. The lowest BCUT2D eigenvalue weighted by atomic mass is 9.90. The zero-order valence-electron chi connectivity index (χ0n) is 10.3. The van der Waals surface area contributed by atoms with Gasteiger partial charge in [-0.2, -0.15) is 0 Å². The van der Waals surface area contributed by atoms with Crippen molar-refractivity contribution in [2.45, 2.75) is 51.2 Å². The topological polar surface area (TPSA) is 61.5 Å². The summed E-state index contributed by atoms with van der Waals surface area (Å²) >= 11 is 0. The molecule has 0 aromatic rings. The third-order valence-corrected chi connectivity index (χ3v) is 3.30. The van der Waals surface area contributed by atoms with Crippen LogP contribution in [0, 0.1) is 5.92 Å². The van der Waals surface area contributed by atoms with Gasteiger partial charge in [-0.25, -0.2) is 0 Å². The van der Waals surface area contributed by atoms with Crippen LogP contribution in [-0.4, -0.2) is 31.8 Å². The second kappa shape index (κ2) is 6.86. The monoisotopic (exact) mass is 229 g/mol. The Balaban J connectivity index is 2.22. The van der Waals surface area contributed by atoms with Crippen molar-refractivity contribution in [3.63, 3.8) is 0 Å². The van der Waals surface area contributed by atoms with Crippen LogP contribution in [0.1, 0.15) is 39.0 Å². The van der Waals surface area contributed by atoms with E-state index in [0.29, 0.717) is 12.5 Å². The molecule has 0 bridgehead atoms. The summed E-state index contributed by atoms with van der Waals surface area (Å²) in [7, 11) is 1.34. The third kappa shape index (κ3) is 4.10. The number of hydrogen-bond acceptors (Lipinski definition) is 4. The Morgan fingerprint density at radius 3 is 2.56 bits per heavy atom. The van der Waals surface area contributed by atoms with E-state index in [9.17, 15) is 4.79 Å². The molecule has 1 aliphatic rings. The van der Waals surface area contributed by atoms with Gasteiger partial charge >= 0.3 is 5.97 Å². The maximum atomic E-state index is 11.2. The summed E-state index contributed by atoms with van der Waals surface area (Å²) in [6, 6.07) is -0.673. The lowest BCUT2D eigenvalue weighted by molar-refractivity contribution is -0.146. The Bertz CT molecular complexity index is 214. The SMILES string of the molecule is COC(=O)[C@@H](N)[C@@H](C)OCC1CCCCC1. The molecule has 16 heavy (non-hydrogen) atoms. The highest BCUT2D eigenvalue weighted by molar-refractivity contribution is 5.75. The van der Waals surface area contributed by atoms with E-state index >= 15 is 0 Å². The maximum Gasteiger partial charge on any atom is 0.325 e. The molecular formula is C12H23NO3. The molecule has 94 valence electrons. The predicted molar refractivity (Wildman–Crippen MR) is 62.0 cm³/mol. The highest BCUT2D eigenvalue weighted by atomic mass is 16.5. The van der Waals surface area contributed by atoms with Crippen molar-refractivity contribution >= 4 is 5.97 Å². The van der Waals surface area contributed by atoms with Crippen LogP contribution in [0.4, 0.5) is 0 Å². The summed E-state index contributed by atoms with van der Waals surface area (Å²) in [6.45, 7) is 2.54. The van der Waals surface area contributed by atoms with Gasteiger partial charge in [-0.05, 0) is 25.7 Å². The molecule has 2 atom stereocenters. The molecule has 2 N–H and O–H groups in total. The van der Waals surface area contributed by atoms with Crippen molar-refractivity contribution in [3.8, 4) is 0 Å². The number of nitrogens with two attached hydrogens (primary N) is 1. The van der Waals surface area contributed by atoms with Crippen molar-refractivity contribution in [2.75, 3.05) is 13.7 Å². The summed E-state index contributed by atoms with van der Waals surface area (Å²) < 4.78 is 10.2. The number of ether oxygens (including phenoxy) is 2. The summed E-state index contributed by atoms with van der Waals surface area (Å²) in [6.07, 6.45) is 6.14. The minimum Gasteiger partial charge on any atom is -0.468 e. The van der Waals surface area contributed by atoms with E-state index in [1.807, 2.05) is 6.92 Å². The second-order valence-corrected chi connectivity index (χ2v) is 4.59. The van der Waals surface area contributed by atoms with Crippen molar-refractivity contribution in [1.29, 1.82) is 0 Å². The largest absolute Gasteiger partial charge is 0.468 e. The fourth-order valence-corrected chi connectivity index (χ4v) is 2.07. The van der Waals surface area contributed by atoms with Crippen LogP contribution in [-0.2, 0) is 14.3 Å². The Labute approximate surface area is 97.5 Å². The summed E-state index contributed by atoms with van der Waals surface area (Å²) in [5.74, 6) is 0.234. The highest BCUT2D eigenvalue weighted by Crippen LogP contribution is 2.24. The van der Waals surface area contributed by atoms with Gasteiger partial charge in [0.1, 0.15) is 6.04 Å². The molecule has 0 heterocycles. The smallest absolute Gasteiger partial charge is 0.325 e. The molecule has 4 heteroatoms. The van der Waals surface area contributed by atoms with Crippen LogP contribution in [0.25, 0.3) is 0 Å². The Morgan fingerprint density at radius 1 is 1.38 bits per heavy atom. The molecule has 0 saturated heterocycles. The number of hydrogen-bond donors (Lipinski definition) is 1. The molecule has 0 unspecified atom stereocenters. The predicted octanol–water partition coefficient (Wildman–Crippen LogP) is 1.47. The Morgan fingerprint density at radius 2 is 2.00 bits per heavy atom. The lowest BCUT2D eigenvalue weighted by Gasteiger charge is -2.25. The minimum atomic E-state index is -0.673. The van der Waals surface area contributed by atoms with E-state index in [4.69, 9.17) is 10.5 Å². The molecule has 1 rings (SSSR count). The first-order chi connectivity index (χ1) is 7.65. The number of methoxy groups -OCH3 is 1. The zero-order chi connectivity index (χ0) is 12.0. The molecule has 0 spiro atoms. The molecule has 4 nitrogen and oxygen atoms in total. The summed E-state index contributed by atoms with van der Waals surface area (Å²) in [5.41, 5.74) is 5.69. The van der Waals surface area contributed by atoms with Gasteiger partial charge in [-0.15, -0.1) is 0 Å². The number of esters is 1. The molecular weight excluding hydrogens is 206 g/mol. The van der Waals surface area contributed by atoms with Gasteiger partial charge in [0.05, 0.1) is 13.2 Å². The van der Waals surface area contributed by atoms with Gasteiger partial charge in [0.2, 0.25) is 0 Å². The van der Waals surface area contributed by atoms with Gasteiger partial charge in [0, 0.05) is 6.61 Å². The number of carbonyl (C=O) groups is 1. The van der Waals surface area contributed by atoms with Gasteiger partial charge in [0.15, 0.2) is 0 Å². The van der Waals surface area contributed by atoms with E-state index in [2.05, 4.69) is 4.74 Å².